The zero-order valence-electron chi connectivity index (χ0n) is 13.1. The smallest absolute Gasteiger partial charge is 0.227 e. The largest absolute Gasteiger partial charge is 0.493 e. The number of aryl methyl sites for hydroxylation is 3. The van der Waals surface area contributed by atoms with Crippen molar-refractivity contribution in [2.24, 2.45) is 0 Å². The normalized spacial score (nSPS) is 10.4. The van der Waals surface area contributed by atoms with E-state index in [-0.39, 0.29) is 5.91 Å². The maximum atomic E-state index is 12.0. The number of anilines is 1. The summed E-state index contributed by atoms with van der Waals surface area (Å²) in [5.41, 5.74) is 3.92. The third kappa shape index (κ3) is 4.50. The molecule has 22 heavy (non-hydrogen) atoms. The zero-order chi connectivity index (χ0) is 16.1. The van der Waals surface area contributed by atoms with Gasteiger partial charge in [0, 0.05) is 10.7 Å². The van der Waals surface area contributed by atoms with Crippen LogP contribution in [0.15, 0.2) is 36.4 Å². The third-order valence-corrected chi connectivity index (χ3v) is 3.64. The van der Waals surface area contributed by atoms with Gasteiger partial charge in [-0.05, 0) is 55.7 Å². The highest BCUT2D eigenvalue weighted by Crippen LogP contribution is 2.21. The number of rotatable bonds is 5. The molecule has 0 spiro atoms. The molecule has 2 rings (SSSR count). The number of halogens is 1. The fraction of sp³-hybridized carbons (Fsp3) is 0.278. The first-order valence-corrected chi connectivity index (χ1v) is 7.59. The molecule has 0 atom stereocenters. The molecule has 3 nitrogen and oxygen atoms in total. The fourth-order valence-corrected chi connectivity index (χ4v) is 2.23. The predicted octanol–water partition coefficient (Wildman–Crippen LogP) is 4.67. The van der Waals surface area contributed by atoms with Gasteiger partial charge in [-0.25, -0.2) is 0 Å². The number of nitrogens with one attached hydrogen (secondary N) is 1. The molecule has 2 aromatic rings. The molecule has 0 unspecified atom stereocenters. The van der Waals surface area contributed by atoms with Gasteiger partial charge in [-0.3, -0.25) is 4.79 Å². The molecule has 0 aliphatic rings. The van der Waals surface area contributed by atoms with E-state index >= 15 is 0 Å². The molecule has 1 amide bonds. The van der Waals surface area contributed by atoms with Gasteiger partial charge in [0.15, 0.2) is 0 Å². The molecular weight excluding hydrogens is 298 g/mol. The van der Waals surface area contributed by atoms with E-state index in [0.717, 1.165) is 28.1 Å². The molecule has 116 valence electrons. The minimum Gasteiger partial charge on any atom is -0.493 e. The maximum Gasteiger partial charge on any atom is 0.227 e. The molecule has 0 saturated carbocycles. The van der Waals surface area contributed by atoms with Crippen molar-refractivity contribution in [3.8, 4) is 5.75 Å². The van der Waals surface area contributed by atoms with Gasteiger partial charge in [-0.1, -0.05) is 29.8 Å². The highest BCUT2D eigenvalue weighted by atomic mass is 35.5. The predicted molar refractivity (Wildman–Crippen MR) is 90.8 cm³/mol. The lowest BCUT2D eigenvalue weighted by molar-refractivity contribution is -0.116. The average molecular weight is 318 g/mol. The second-order valence-corrected chi connectivity index (χ2v) is 5.81. The topological polar surface area (TPSA) is 38.3 Å². The fourth-order valence-electron chi connectivity index (χ4n) is 2.06. The Morgan fingerprint density at radius 1 is 1.09 bits per heavy atom. The molecule has 0 aliphatic heterocycles. The number of carbonyl (C=O) groups is 1. The number of ether oxygens (including phenoxy) is 1. The standard InChI is InChI=1S/C18H20ClNO2/c1-12-4-5-14(3)17(10-12)22-9-8-18(21)20-16-11-15(19)7-6-13(16)2/h4-7,10-11H,8-9H2,1-3H3,(H,20,21). The Morgan fingerprint density at radius 3 is 2.59 bits per heavy atom. The van der Waals surface area contributed by atoms with Crippen LogP contribution in [0.1, 0.15) is 23.1 Å². The molecule has 0 aliphatic carbocycles. The van der Waals surface area contributed by atoms with Gasteiger partial charge in [-0.15, -0.1) is 0 Å². The van der Waals surface area contributed by atoms with Crippen LogP contribution in [0.4, 0.5) is 5.69 Å². The van der Waals surface area contributed by atoms with Crippen molar-refractivity contribution in [1.29, 1.82) is 0 Å². The van der Waals surface area contributed by atoms with Crippen molar-refractivity contribution in [3.63, 3.8) is 0 Å². The van der Waals surface area contributed by atoms with Crippen molar-refractivity contribution < 1.29 is 9.53 Å². The Hall–Kier alpha value is -2.00. The van der Waals surface area contributed by atoms with Gasteiger partial charge in [0.1, 0.15) is 5.75 Å². The number of hydrogen-bond donors (Lipinski definition) is 1. The summed E-state index contributed by atoms with van der Waals surface area (Å²) >= 11 is 5.94. The molecule has 0 saturated heterocycles. The van der Waals surface area contributed by atoms with Gasteiger partial charge in [0.25, 0.3) is 0 Å². The van der Waals surface area contributed by atoms with Gasteiger partial charge in [0.2, 0.25) is 5.91 Å². The van der Waals surface area contributed by atoms with Gasteiger partial charge >= 0.3 is 0 Å². The van der Waals surface area contributed by atoms with Crippen LogP contribution in [0.25, 0.3) is 0 Å². The minimum atomic E-state index is -0.0873. The summed E-state index contributed by atoms with van der Waals surface area (Å²) in [4.78, 5) is 12.0. The van der Waals surface area contributed by atoms with E-state index in [1.54, 1.807) is 12.1 Å². The van der Waals surface area contributed by atoms with Crippen LogP contribution in [0.3, 0.4) is 0 Å². The Morgan fingerprint density at radius 2 is 1.82 bits per heavy atom. The van der Waals surface area contributed by atoms with Gasteiger partial charge in [-0.2, -0.15) is 0 Å². The van der Waals surface area contributed by atoms with E-state index in [1.165, 1.54) is 0 Å². The Kier molecular flexibility index (Phi) is 5.45. The SMILES string of the molecule is Cc1ccc(C)c(OCCC(=O)Nc2cc(Cl)ccc2C)c1. The summed E-state index contributed by atoms with van der Waals surface area (Å²) in [6.07, 6.45) is 0.291. The van der Waals surface area contributed by atoms with E-state index in [0.29, 0.717) is 18.1 Å². The van der Waals surface area contributed by atoms with Gasteiger partial charge < -0.3 is 10.1 Å². The van der Waals surface area contributed by atoms with Gasteiger partial charge in [0.05, 0.1) is 13.0 Å². The summed E-state index contributed by atoms with van der Waals surface area (Å²) in [6, 6.07) is 11.5. The number of carbonyl (C=O) groups excluding carboxylic acids is 1. The van der Waals surface area contributed by atoms with Crippen molar-refractivity contribution in [2.75, 3.05) is 11.9 Å². The average Bonchev–Trinajstić information content (AvgIpc) is 2.46. The van der Waals surface area contributed by atoms with E-state index in [4.69, 9.17) is 16.3 Å². The molecule has 0 fully saturated rings. The molecule has 1 N–H and O–H groups in total. The van der Waals surface area contributed by atoms with Crippen LogP contribution >= 0.6 is 11.6 Å². The van der Waals surface area contributed by atoms with E-state index in [2.05, 4.69) is 5.32 Å². The van der Waals surface area contributed by atoms with Crippen LogP contribution in [0.5, 0.6) is 5.75 Å². The molecule has 0 radical (unpaired) electrons. The van der Waals surface area contributed by atoms with E-state index < -0.39 is 0 Å². The monoisotopic (exact) mass is 317 g/mol. The first kappa shape index (κ1) is 16.4. The van der Waals surface area contributed by atoms with Crippen LogP contribution in [0.2, 0.25) is 5.02 Å². The molecule has 2 aromatic carbocycles. The zero-order valence-corrected chi connectivity index (χ0v) is 13.8. The van der Waals surface area contributed by atoms with Crippen LogP contribution in [0, 0.1) is 20.8 Å². The summed E-state index contributed by atoms with van der Waals surface area (Å²) in [5.74, 6) is 0.738. The molecular formula is C18H20ClNO2. The minimum absolute atomic E-state index is 0.0873. The second-order valence-electron chi connectivity index (χ2n) is 5.37. The van der Waals surface area contributed by atoms with E-state index in [1.807, 2.05) is 45.0 Å². The second kappa shape index (κ2) is 7.32. The lowest BCUT2D eigenvalue weighted by Gasteiger charge is -2.11. The highest BCUT2D eigenvalue weighted by molar-refractivity contribution is 6.31. The van der Waals surface area contributed by atoms with Crippen molar-refractivity contribution in [2.45, 2.75) is 27.2 Å². The Bertz CT molecular complexity index is 683. The highest BCUT2D eigenvalue weighted by Gasteiger charge is 2.07. The summed E-state index contributed by atoms with van der Waals surface area (Å²) < 4.78 is 5.69. The summed E-state index contributed by atoms with van der Waals surface area (Å²) in [5, 5.41) is 3.46. The first-order chi connectivity index (χ1) is 10.5. The van der Waals surface area contributed by atoms with E-state index in [9.17, 15) is 4.79 Å². The molecule has 0 aromatic heterocycles. The summed E-state index contributed by atoms with van der Waals surface area (Å²) in [6.45, 7) is 6.28. The molecule has 4 heteroatoms. The first-order valence-electron chi connectivity index (χ1n) is 7.22. The van der Waals surface area contributed by atoms with Crippen molar-refractivity contribution in [3.05, 3.63) is 58.1 Å². The van der Waals surface area contributed by atoms with Crippen LogP contribution in [-0.2, 0) is 4.79 Å². The number of hydrogen-bond acceptors (Lipinski definition) is 2. The maximum absolute atomic E-state index is 12.0. The molecule has 0 bridgehead atoms. The molecule has 0 heterocycles. The van der Waals surface area contributed by atoms with Crippen LogP contribution < -0.4 is 10.1 Å². The van der Waals surface area contributed by atoms with Crippen molar-refractivity contribution >= 4 is 23.2 Å². The lowest BCUT2D eigenvalue weighted by atomic mass is 10.1. The summed E-state index contributed by atoms with van der Waals surface area (Å²) in [7, 11) is 0. The number of benzene rings is 2. The van der Waals surface area contributed by atoms with Crippen molar-refractivity contribution in [1.82, 2.24) is 0 Å². The van der Waals surface area contributed by atoms with Crippen LogP contribution in [-0.4, -0.2) is 12.5 Å². The Balaban J connectivity index is 1.88. The third-order valence-electron chi connectivity index (χ3n) is 3.40. The quantitative estimate of drug-likeness (QED) is 0.870. The Labute approximate surface area is 136 Å². The number of amides is 1. The lowest BCUT2D eigenvalue weighted by Crippen LogP contribution is -2.16.